The first-order valence-corrected chi connectivity index (χ1v) is 7.94. The van der Waals surface area contributed by atoms with Crippen LogP contribution in [0.2, 0.25) is 0 Å². The standard InChI is InChI=1S/C15H34N4O.HI/c1-5-7-8-10-17-15(16-6-2)18-11-9-12-19(3)13-14-20-4;/h5-14H2,1-4H3,(H2,16,17,18);1H. The van der Waals surface area contributed by atoms with E-state index in [2.05, 4.69) is 41.4 Å². The van der Waals surface area contributed by atoms with Crippen LogP contribution >= 0.6 is 24.0 Å². The van der Waals surface area contributed by atoms with Gasteiger partial charge in [-0.05, 0) is 33.4 Å². The first-order valence-electron chi connectivity index (χ1n) is 7.94. The van der Waals surface area contributed by atoms with E-state index in [1.54, 1.807) is 7.11 Å². The van der Waals surface area contributed by atoms with Gasteiger partial charge in [0.1, 0.15) is 0 Å². The Kier molecular flexibility index (Phi) is 19.8. The van der Waals surface area contributed by atoms with Gasteiger partial charge in [0.15, 0.2) is 5.96 Å². The molecule has 0 rings (SSSR count). The predicted octanol–water partition coefficient (Wildman–Crippen LogP) is 2.32. The summed E-state index contributed by atoms with van der Waals surface area (Å²) in [6.07, 6.45) is 4.81. The smallest absolute Gasteiger partial charge is 0.191 e. The Morgan fingerprint density at radius 1 is 1.10 bits per heavy atom. The summed E-state index contributed by atoms with van der Waals surface area (Å²) in [5.74, 6) is 0.947. The third kappa shape index (κ3) is 16.1. The first kappa shape index (κ1) is 23.2. The molecule has 21 heavy (non-hydrogen) atoms. The lowest BCUT2D eigenvalue weighted by Crippen LogP contribution is -2.38. The van der Waals surface area contributed by atoms with Crippen molar-refractivity contribution < 1.29 is 4.74 Å². The fourth-order valence-corrected chi connectivity index (χ4v) is 1.81. The topological polar surface area (TPSA) is 48.9 Å². The summed E-state index contributed by atoms with van der Waals surface area (Å²) in [6.45, 7) is 9.93. The molecule has 0 aromatic carbocycles. The normalized spacial score (nSPS) is 11.4. The van der Waals surface area contributed by atoms with E-state index in [1.165, 1.54) is 19.3 Å². The molecule has 0 aliphatic rings. The van der Waals surface area contributed by atoms with Crippen LogP contribution in [0, 0.1) is 0 Å². The van der Waals surface area contributed by atoms with Crippen LogP contribution in [0.15, 0.2) is 4.99 Å². The number of aliphatic imine (C=N–C) groups is 1. The number of ether oxygens (including phenoxy) is 1. The third-order valence-electron chi connectivity index (χ3n) is 3.06. The molecule has 0 atom stereocenters. The Labute approximate surface area is 148 Å². The van der Waals surface area contributed by atoms with Crippen LogP contribution in [-0.2, 0) is 4.74 Å². The van der Waals surface area contributed by atoms with Gasteiger partial charge in [0.05, 0.1) is 6.61 Å². The van der Waals surface area contributed by atoms with Gasteiger partial charge in [-0.2, -0.15) is 0 Å². The van der Waals surface area contributed by atoms with Gasteiger partial charge in [-0.25, -0.2) is 0 Å². The number of hydrogen-bond acceptors (Lipinski definition) is 3. The summed E-state index contributed by atoms with van der Waals surface area (Å²) in [5.41, 5.74) is 0. The van der Waals surface area contributed by atoms with E-state index in [9.17, 15) is 0 Å². The fraction of sp³-hybridized carbons (Fsp3) is 0.933. The lowest BCUT2D eigenvalue weighted by molar-refractivity contribution is 0.161. The van der Waals surface area contributed by atoms with Crippen LogP contribution in [-0.4, -0.2) is 64.3 Å². The average Bonchev–Trinajstić information content (AvgIpc) is 2.45. The Morgan fingerprint density at radius 3 is 2.48 bits per heavy atom. The van der Waals surface area contributed by atoms with Gasteiger partial charge in [-0.1, -0.05) is 19.8 Å². The lowest BCUT2D eigenvalue weighted by atomic mass is 10.2. The summed E-state index contributed by atoms with van der Waals surface area (Å²) in [4.78, 5) is 6.88. The second kappa shape index (κ2) is 18.0. The molecule has 0 saturated heterocycles. The molecule has 0 saturated carbocycles. The molecular weight excluding hydrogens is 379 g/mol. The average molecular weight is 414 g/mol. The predicted molar refractivity (Wildman–Crippen MR) is 103 cm³/mol. The fourth-order valence-electron chi connectivity index (χ4n) is 1.81. The second-order valence-corrected chi connectivity index (χ2v) is 5.04. The molecule has 5 nitrogen and oxygen atoms in total. The monoisotopic (exact) mass is 414 g/mol. The number of likely N-dealkylation sites (N-methyl/N-ethyl adjacent to an activating group) is 1. The van der Waals surface area contributed by atoms with Gasteiger partial charge in [0.25, 0.3) is 0 Å². The van der Waals surface area contributed by atoms with Crippen molar-refractivity contribution in [2.45, 2.75) is 39.5 Å². The third-order valence-corrected chi connectivity index (χ3v) is 3.06. The van der Waals surface area contributed by atoms with E-state index < -0.39 is 0 Å². The van der Waals surface area contributed by atoms with Crippen molar-refractivity contribution >= 4 is 29.9 Å². The van der Waals surface area contributed by atoms with Gasteiger partial charge >= 0.3 is 0 Å². The highest BCUT2D eigenvalue weighted by atomic mass is 127. The van der Waals surface area contributed by atoms with Crippen LogP contribution in [0.3, 0.4) is 0 Å². The number of hydrogen-bond donors (Lipinski definition) is 2. The number of nitrogens with one attached hydrogen (secondary N) is 2. The minimum Gasteiger partial charge on any atom is -0.383 e. The molecule has 0 aromatic heterocycles. The van der Waals surface area contributed by atoms with E-state index in [0.717, 1.165) is 51.7 Å². The van der Waals surface area contributed by atoms with Crippen molar-refractivity contribution in [1.82, 2.24) is 15.5 Å². The largest absolute Gasteiger partial charge is 0.383 e. The number of methoxy groups -OCH3 is 1. The number of unbranched alkanes of at least 4 members (excludes halogenated alkanes) is 2. The van der Waals surface area contributed by atoms with E-state index in [-0.39, 0.29) is 24.0 Å². The quantitative estimate of drug-likeness (QED) is 0.223. The van der Waals surface area contributed by atoms with Crippen molar-refractivity contribution in [3.63, 3.8) is 0 Å². The minimum absolute atomic E-state index is 0. The van der Waals surface area contributed by atoms with Crippen LogP contribution < -0.4 is 10.6 Å². The van der Waals surface area contributed by atoms with Crippen molar-refractivity contribution in [3.05, 3.63) is 0 Å². The Hall–Kier alpha value is -0.0800. The SMILES string of the molecule is CCCCCNC(=NCCCN(C)CCOC)NCC.I. The van der Waals surface area contributed by atoms with Crippen molar-refractivity contribution in [2.24, 2.45) is 4.99 Å². The Bertz CT molecular complexity index is 240. The highest BCUT2D eigenvalue weighted by Gasteiger charge is 1.98. The molecule has 0 unspecified atom stereocenters. The molecule has 0 spiro atoms. The molecule has 0 aliphatic heterocycles. The second-order valence-electron chi connectivity index (χ2n) is 5.04. The summed E-state index contributed by atoms with van der Waals surface area (Å²) in [6, 6.07) is 0. The molecule has 0 fully saturated rings. The highest BCUT2D eigenvalue weighted by molar-refractivity contribution is 14.0. The maximum absolute atomic E-state index is 5.06. The molecule has 2 N–H and O–H groups in total. The van der Waals surface area contributed by atoms with Crippen molar-refractivity contribution in [3.8, 4) is 0 Å². The zero-order valence-electron chi connectivity index (χ0n) is 14.3. The zero-order valence-corrected chi connectivity index (χ0v) is 16.6. The number of halogens is 1. The van der Waals surface area contributed by atoms with E-state index in [4.69, 9.17) is 4.74 Å². The Balaban J connectivity index is 0. The molecule has 0 bridgehead atoms. The number of nitrogens with zero attached hydrogens (tertiary/aromatic N) is 2. The molecule has 6 heteroatoms. The van der Waals surface area contributed by atoms with E-state index in [0.29, 0.717) is 0 Å². The van der Waals surface area contributed by atoms with Crippen LogP contribution in [0.1, 0.15) is 39.5 Å². The first-order chi connectivity index (χ1) is 9.74. The molecule has 0 aliphatic carbocycles. The Morgan fingerprint density at radius 2 is 1.86 bits per heavy atom. The van der Waals surface area contributed by atoms with Crippen LogP contribution in [0.5, 0.6) is 0 Å². The number of guanidine groups is 1. The lowest BCUT2D eigenvalue weighted by Gasteiger charge is -2.15. The molecule has 0 aromatic rings. The highest BCUT2D eigenvalue weighted by Crippen LogP contribution is 1.92. The zero-order chi connectivity index (χ0) is 15.1. The summed E-state index contributed by atoms with van der Waals surface area (Å²) < 4.78 is 5.06. The van der Waals surface area contributed by atoms with Gasteiger partial charge in [-0.15, -0.1) is 24.0 Å². The van der Waals surface area contributed by atoms with Crippen LogP contribution in [0.4, 0.5) is 0 Å². The molecule has 0 radical (unpaired) electrons. The molecule has 0 amide bonds. The summed E-state index contributed by atoms with van der Waals surface area (Å²) >= 11 is 0. The van der Waals surface area contributed by atoms with Gasteiger partial charge in [0, 0.05) is 33.3 Å². The van der Waals surface area contributed by atoms with Gasteiger partial charge in [0.2, 0.25) is 0 Å². The van der Waals surface area contributed by atoms with Crippen molar-refractivity contribution in [1.29, 1.82) is 0 Å². The summed E-state index contributed by atoms with van der Waals surface area (Å²) in [7, 11) is 3.86. The number of rotatable bonds is 12. The van der Waals surface area contributed by atoms with Crippen molar-refractivity contribution in [2.75, 3.05) is 53.5 Å². The minimum atomic E-state index is 0. The molecule has 128 valence electrons. The van der Waals surface area contributed by atoms with Crippen LogP contribution in [0.25, 0.3) is 0 Å². The van der Waals surface area contributed by atoms with Gasteiger partial charge in [-0.3, -0.25) is 4.99 Å². The maximum Gasteiger partial charge on any atom is 0.191 e. The van der Waals surface area contributed by atoms with Gasteiger partial charge < -0.3 is 20.3 Å². The molecular formula is C15H35IN4O. The molecule has 0 heterocycles. The summed E-state index contributed by atoms with van der Waals surface area (Å²) in [5, 5.41) is 6.67. The van der Waals surface area contributed by atoms with E-state index >= 15 is 0 Å². The van der Waals surface area contributed by atoms with E-state index in [1.807, 2.05) is 0 Å². The maximum atomic E-state index is 5.06.